The van der Waals surface area contributed by atoms with Gasteiger partial charge in [0.1, 0.15) is 5.82 Å². The molecule has 0 saturated heterocycles. The maximum atomic E-state index is 13.1. The van der Waals surface area contributed by atoms with E-state index in [1.54, 1.807) is 12.1 Å². The van der Waals surface area contributed by atoms with Gasteiger partial charge >= 0.3 is 0 Å². The molecule has 2 N–H and O–H groups in total. The molecule has 1 saturated carbocycles. The number of carbonyl (C=O) groups is 1. The first-order valence-corrected chi connectivity index (χ1v) is 7.19. The summed E-state index contributed by atoms with van der Waals surface area (Å²) >= 11 is 0. The molecule has 0 unspecified atom stereocenters. The largest absolute Gasteiger partial charge is 0.388 e. The lowest BCUT2D eigenvalue weighted by Gasteiger charge is -2.36. The fraction of sp³-hybridized carbons (Fsp3) is 0.400. The molecular formula is C15H17FN4O2. The summed E-state index contributed by atoms with van der Waals surface area (Å²) in [6.07, 6.45) is 3.90. The lowest BCUT2D eigenvalue weighted by molar-refractivity contribution is -0.0300. The maximum absolute atomic E-state index is 13.1. The highest BCUT2D eigenvalue weighted by Crippen LogP contribution is 2.30. The second-order valence-electron chi connectivity index (χ2n) is 5.69. The van der Waals surface area contributed by atoms with E-state index in [0.29, 0.717) is 19.4 Å². The summed E-state index contributed by atoms with van der Waals surface area (Å²) in [5.74, 6) is -0.685. The van der Waals surface area contributed by atoms with E-state index >= 15 is 0 Å². The molecule has 0 bridgehead atoms. The number of amides is 1. The number of rotatable bonds is 5. The van der Waals surface area contributed by atoms with Gasteiger partial charge in [0.05, 0.1) is 18.3 Å². The third kappa shape index (κ3) is 3.30. The molecule has 116 valence electrons. The average molecular weight is 304 g/mol. The van der Waals surface area contributed by atoms with E-state index in [4.69, 9.17) is 0 Å². The van der Waals surface area contributed by atoms with Crippen LogP contribution in [0, 0.1) is 5.82 Å². The van der Waals surface area contributed by atoms with Crippen molar-refractivity contribution < 1.29 is 14.3 Å². The molecular weight excluding hydrogens is 287 g/mol. The first-order chi connectivity index (χ1) is 10.5. The molecule has 1 amide bonds. The fourth-order valence-electron chi connectivity index (χ4n) is 2.40. The molecule has 22 heavy (non-hydrogen) atoms. The number of nitrogens with one attached hydrogen (secondary N) is 1. The Morgan fingerprint density at radius 2 is 2.27 bits per heavy atom. The second-order valence-corrected chi connectivity index (χ2v) is 5.69. The van der Waals surface area contributed by atoms with Crippen molar-refractivity contribution in [2.24, 2.45) is 0 Å². The van der Waals surface area contributed by atoms with Crippen molar-refractivity contribution in [2.75, 3.05) is 6.54 Å². The highest BCUT2D eigenvalue weighted by atomic mass is 19.1. The summed E-state index contributed by atoms with van der Waals surface area (Å²) in [5.41, 5.74) is 0.146. The smallest absolute Gasteiger partial charge is 0.273 e. The minimum atomic E-state index is -0.771. The predicted molar refractivity (Wildman–Crippen MR) is 76.7 cm³/mol. The van der Waals surface area contributed by atoms with Gasteiger partial charge in [-0.3, -0.25) is 4.79 Å². The molecule has 1 fully saturated rings. The number of hydrogen-bond acceptors (Lipinski definition) is 4. The van der Waals surface area contributed by atoms with E-state index in [9.17, 15) is 14.3 Å². The lowest BCUT2D eigenvalue weighted by atomic mass is 9.80. The average Bonchev–Trinajstić information content (AvgIpc) is 2.91. The molecule has 0 atom stereocenters. The topological polar surface area (TPSA) is 80.0 Å². The minimum absolute atomic E-state index is 0.180. The Balaban J connectivity index is 1.59. The number of hydrogen-bond donors (Lipinski definition) is 2. The number of carbonyl (C=O) groups excluding carboxylic acids is 1. The molecule has 2 aromatic rings. The molecule has 1 heterocycles. The van der Waals surface area contributed by atoms with Crippen LogP contribution in [0.4, 0.5) is 4.39 Å². The van der Waals surface area contributed by atoms with Crippen molar-refractivity contribution >= 4 is 5.91 Å². The van der Waals surface area contributed by atoms with Crippen LogP contribution in [0.3, 0.4) is 0 Å². The van der Waals surface area contributed by atoms with Gasteiger partial charge in [0, 0.05) is 6.54 Å². The van der Waals surface area contributed by atoms with Gasteiger partial charge in [0.2, 0.25) is 0 Å². The van der Waals surface area contributed by atoms with Gasteiger partial charge in [-0.05, 0) is 37.0 Å². The van der Waals surface area contributed by atoms with E-state index in [2.05, 4.69) is 15.6 Å². The highest BCUT2D eigenvalue weighted by molar-refractivity contribution is 5.91. The van der Waals surface area contributed by atoms with Crippen LogP contribution in [-0.2, 0) is 6.54 Å². The normalized spacial score (nSPS) is 16.1. The molecule has 0 spiro atoms. The van der Waals surface area contributed by atoms with E-state index in [0.717, 1.165) is 12.0 Å². The minimum Gasteiger partial charge on any atom is -0.388 e. The van der Waals surface area contributed by atoms with Crippen molar-refractivity contribution in [3.8, 4) is 0 Å². The second kappa shape index (κ2) is 5.84. The maximum Gasteiger partial charge on any atom is 0.273 e. The van der Waals surface area contributed by atoms with Crippen LogP contribution in [0.15, 0.2) is 30.5 Å². The molecule has 3 rings (SSSR count). The highest BCUT2D eigenvalue weighted by Gasteiger charge is 2.34. The van der Waals surface area contributed by atoms with Crippen LogP contribution < -0.4 is 5.32 Å². The Morgan fingerprint density at radius 3 is 2.95 bits per heavy atom. The SMILES string of the molecule is O=C(NCC1(O)CCC1)c1cn(Cc2cccc(F)c2)nn1. The standard InChI is InChI=1S/C15H17FN4O2/c16-12-4-1-3-11(7-12)8-20-9-13(18-19-20)14(21)17-10-15(22)5-2-6-15/h1,3-4,7,9,22H,2,5-6,8,10H2,(H,17,21). The Labute approximate surface area is 127 Å². The van der Waals surface area contributed by atoms with Crippen LogP contribution in [0.5, 0.6) is 0 Å². The third-order valence-corrected chi connectivity index (χ3v) is 3.87. The zero-order valence-corrected chi connectivity index (χ0v) is 12.0. The summed E-state index contributed by atoms with van der Waals surface area (Å²) in [7, 11) is 0. The zero-order valence-electron chi connectivity index (χ0n) is 12.0. The van der Waals surface area contributed by atoms with Gasteiger partial charge in [-0.15, -0.1) is 5.10 Å². The van der Waals surface area contributed by atoms with E-state index in [1.807, 2.05) is 0 Å². The van der Waals surface area contributed by atoms with Gasteiger partial charge in [-0.2, -0.15) is 0 Å². The summed E-state index contributed by atoms with van der Waals surface area (Å²) in [6, 6.07) is 6.17. The quantitative estimate of drug-likeness (QED) is 0.867. The Bertz CT molecular complexity index is 682. The monoisotopic (exact) mass is 304 g/mol. The zero-order chi connectivity index (χ0) is 15.6. The van der Waals surface area contributed by atoms with Crippen molar-refractivity contribution in [1.29, 1.82) is 0 Å². The summed E-state index contributed by atoms with van der Waals surface area (Å²) < 4.78 is 14.6. The first-order valence-electron chi connectivity index (χ1n) is 7.19. The number of benzene rings is 1. The molecule has 0 aliphatic heterocycles. The number of aromatic nitrogens is 3. The number of halogens is 1. The first kappa shape index (κ1) is 14.6. The van der Waals surface area contributed by atoms with E-state index in [-0.39, 0.29) is 24.0 Å². The molecule has 1 aromatic heterocycles. The van der Waals surface area contributed by atoms with Crippen molar-refractivity contribution in [1.82, 2.24) is 20.3 Å². The van der Waals surface area contributed by atoms with Crippen LogP contribution >= 0.6 is 0 Å². The van der Waals surface area contributed by atoms with Gasteiger partial charge in [-0.25, -0.2) is 9.07 Å². The lowest BCUT2D eigenvalue weighted by Crippen LogP contribution is -2.47. The van der Waals surface area contributed by atoms with Crippen LogP contribution in [0.2, 0.25) is 0 Å². The van der Waals surface area contributed by atoms with Gasteiger partial charge < -0.3 is 10.4 Å². The van der Waals surface area contributed by atoms with E-state index < -0.39 is 5.60 Å². The summed E-state index contributed by atoms with van der Waals surface area (Å²) in [4.78, 5) is 12.0. The van der Waals surface area contributed by atoms with Crippen LogP contribution in [0.1, 0.15) is 35.3 Å². The molecule has 1 aliphatic carbocycles. The molecule has 6 nitrogen and oxygen atoms in total. The van der Waals surface area contributed by atoms with Gasteiger partial charge in [0.15, 0.2) is 5.69 Å². The van der Waals surface area contributed by atoms with E-state index in [1.165, 1.54) is 23.0 Å². The molecule has 0 radical (unpaired) electrons. The van der Waals surface area contributed by atoms with Gasteiger partial charge in [0.25, 0.3) is 5.91 Å². The molecule has 1 aliphatic rings. The van der Waals surface area contributed by atoms with Gasteiger partial charge in [-0.1, -0.05) is 17.3 Å². The van der Waals surface area contributed by atoms with Crippen LogP contribution in [-0.4, -0.2) is 38.2 Å². The Morgan fingerprint density at radius 1 is 1.45 bits per heavy atom. The Kier molecular flexibility index (Phi) is 3.89. The predicted octanol–water partition coefficient (Wildman–Crippen LogP) is 1.11. The van der Waals surface area contributed by atoms with Crippen molar-refractivity contribution in [3.63, 3.8) is 0 Å². The third-order valence-electron chi connectivity index (χ3n) is 3.87. The molecule has 7 heteroatoms. The number of aliphatic hydroxyl groups is 1. The fourth-order valence-corrected chi connectivity index (χ4v) is 2.40. The van der Waals surface area contributed by atoms with Crippen molar-refractivity contribution in [2.45, 2.75) is 31.4 Å². The number of nitrogens with zero attached hydrogens (tertiary/aromatic N) is 3. The van der Waals surface area contributed by atoms with Crippen LogP contribution in [0.25, 0.3) is 0 Å². The summed E-state index contributed by atoms with van der Waals surface area (Å²) in [6.45, 7) is 0.560. The Hall–Kier alpha value is -2.28. The van der Waals surface area contributed by atoms with Crippen molar-refractivity contribution in [3.05, 3.63) is 47.5 Å². The summed E-state index contributed by atoms with van der Waals surface area (Å²) in [5, 5.41) is 20.3. The molecule has 1 aromatic carbocycles.